The molecular weight excluding hydrogens is 280 g/mol. The molecular formula is C16H20N4S. The summed E-state index contributed by atoms with van der Waals surface area (Å²) >= 11 is 1.52. The molecule has 5 heteroatoms. The number of rotatable bonds is 1. The van der Waals surface area contributed by atoms with E-state index in [-0.39, 0.29) is 0 Å². The van der Waals surface area contributed by atoms with Gasteiger partial charge in [-0.1, -0.05) is 0 Å². The van der Waals surface area contributed by atoms with Gasteiger partial charge in [0.1, 0.15) is 0 Å². The van der Waals surface area contributed by atoms with E-state index in [1.54, 1.807) is 0 Å². The lowest BCUT2D eigenvalue weighted by Crippen LogP contribution is -2.56. The molecule has 1 aromatic heterocycles. The molecule has 21 heavy (non-hydrogen) atoms. The summed E-state index contributed by atoms with van der Waals surface area (Å²) in [6.07, 6.45) is 11.0. The summed E-state index contributed by atoms with van der Waals surface area (Å²) in [6.45, 7) is 0. The van der Waals surface area contributed by atoms with Crippen LogP contribution in [-0.4, -0.2) is 17.0 Å². The molecule has 4 aliphatic carbocycles. The highest BCUT2D eigenvalue weighted by Gasteiger charge is 2.48. The number of hydrogen-bond acceptors (Lipinski definition) is 5. The van der Waals surface area contributed by atoms with E-state index in [1.807, 2.05) is 18.5 Å². The summed E-state index contributed by atoms with van der Waals surface area (Å²) in [4.78, 5) is 5.25. The number of guanidine groups is 1. The normalized spacial score (nSPS) is 39.4. The first-order valence-electron chi connectivity index (χ1n) is 8.08. The first kappa shape index (κ1) is 12.3. The highest BCUT2D eigenvalue weighted by molar-refractivity contribution is 7.98. The van der Waals surface area contributed by atoms with Crippen molar-refractivity contribution in [2.24, 2.45) is 28.1 Å². The third-order valence-electron chi connectivity index (χ3n) is 5.80. The molecule has 2 heterocycles. The van der Waals surface area contributed by atoms with Crippen LogP contribution >= 0.6 is 11.9 Å². The maximum atomic E-state index is 4.59. The molecule has 4 nitrogen and oxygen atoms in total. The van der Waals surface area contributed by atoms with E-state index in [1.165, 1.54) is 44.1 Å². The van der Waals surface area contributed by atoms with E-state index >= 15 is 0 Å². The molecule has 4 fully saturated rings. The van der Waals surface area contributed by atoms with Crippen LogP contribution in [0.15, 0.2) is 27.8 Å². The number of fused-ring (bicyclic) bond motifs is 1. The zero-order valence-corrected chi connectivity index (χ0v) is 12.8. The SMILES string of the molecule is c1cc2c(cn1)SN=C(NC1C3CC4CC(C3)CC1C4)N2. The minimum Gasteiger partial charge on any atom is -0.352 e. The molecule has 6 rings (SSSR count). The third-order valence-corrected chi connectivity index (χ3v) is 6.60. The average Bonchev–Trinajstić information content (AvgIpc) is 2.50. The Morgan fingerprint density at radius 3 is 2.62 bits per heavy atom. The highest BCUT2D eigenvalue weighted by Crippen LogP contribution is 2.53. The maximum Gasteiger partial charge on any atom is 0.208 e. The molecule has 1 aromatic rings. The van der Waals surface area contributed by atoms with E-state index in [0.29, 0.717) is 6.04 Å². The Kier molecular flexibility index (Phi) is 2.72. The van der Waals surface area contributed by atoms with Crippen LogP contribution in [0.2, 0.25) is 0 Å². The van der Waals surface area contributed by atoms with Gasteiger partial charge in [-0.15, -0.1) is 0 Å². The number of nitrogens with one attached hydrogen (secondary N) is 2. The molecule has 0 radical (unpaired) electrons. The van der Waals surface area contributed by atoms with Gasteiger partial charge in [0, 0.05) is 30.4 Å². The first-order chi connectivity index (χ1) is 10.3. The van der Waals surface area contributed by atoms with Gasteiger partial charge in [-0.05, 0) is 61.8 Å². The van der Waals surface area contributed by atoms with Crippen molar-refractivity contribution in [2.75, 3.05) is 5.32 Å². The Morgan fingerprint density at radius 1 is 1.10 bits per heavy atom. The largest absolute Gasteiger partial charge is 0.352 e. The van der Waals surface area contributed by atoms with Crippen molar-refractivity contribution in [3.8, 4) is 0 Å². The second kappa shape index (κ2) is 4.63. The Morgan fingerprint density at radius 2 is 1.86 bits per heavy atom. The predicted octanol–water partition coefficient (Wildman–Crippen LogP) is 3.28. The van der Waals surface area contributed by atoms with Gasteiger partial charge in [-0.25, -0.2) is 0 Å². The summed E-state index contributed by atoms with van der Waals surface area (Å²) < 4.78 is 4.59. The van der Waals surface area contributed by atoms with Gasteiger partial charge in [0.05, 0.1) is 10.6 Å². The fourth-order valence-corrected chi connectivity index (χ4v) is 5.80. The zero-order chi connectivity index (χ0) is 13.8. The Hall–Kier alpha value is -1.23. The monoisotopic (exact) mass is 300 g/mol. The summed E-state index contributed by atoms with van der Waals surface area (Å²) in [5, 5.41) is 7.17. The lowest BCUT2D eigenvalue weighted by molar-refractivity contribution is -0.00686. The number of hydrogen-bond donors (Lipinski definition) is 2. The van der Waals surface area contributed by atoms with Gasteiger partial charge >= 0.3 is 0 Å². The van der Waals surface area contributed by atoms with E-state index in [9.17, 15) is 0 Å². The van der Waals surface area contributed by atoms with Crippen LogP contribution in [0.5, 0.6) is 0 Å². The second-order valence-electron chi connectivity index (χ2n) is 7.13. The maximum absolute atomic E-state index is 4.59. The first-order valence-corrected chi connectivity index (χ1v) is 8.85. The van der Waals surface area contributed by atoms with Gasteiger partial charge in [0.2, 0.25) is 5.96 Å². The van der Waals surface area contributed by atoms with Crippen LogP contribution in [0.25, 0.3) is 0 Å². The number of pyridine rings is 1. The van der Waals surface area contributed by atoms with Gasteiger partial charge in [-0.3, -0.25) is 4.98 Å². The van der Waals surface area contributed by atoms with Crippen molar-refractivity contribution in [3.63, 3.8) is 0 Å². The topological polar surface area (TPSA) is 49.3 Å². The molecule has 110 valence electrons. The van der Waals surface area contributed by atoms with E-state index in [4.69, 9.17) is 0 Å². The predicted molar refractivity (Wildman–Crippen MR) is 85.1 cm³/mol. The van der Waals surface area contributed by atoms with Gasteiger partial charge in [0.15, 0.2) is 0 Å². The number of aromatic nitrogens is 1. The van der Waals surface area contributed by atoms with Crippen molar-refractivity contribution >= 4 is 23.6 Å². The lowest BCUT2D eigenvalue weighted by atomic mass is 9.54. The van der Waals surface area contributed by atoms with Gasteiger partial charge in [0.25, 0.3) is 0 Å². The molecule has 0 amide bonds. The van der Waals surface area contributed by atoms with Crippen molar-refractivity contribution in [1.82, 2.24) is 10.3 Å². The van der Waals surface area contributed by atoms with Crippen molar-refractivity contribution < 1.29 is 0 Å². The molecule has 4 bridgehead atoms. The van der Waals surface area contributed by atoms with Crippen LogP contribution in [0.3, 0.4) is 0 Å². The molecule has 5 aliphatic rings. The van der Waals surface area contributed by atoms with Gasteiger partial charge in [-0.2, -0.15) is 4.40 Å². The Bertz CT molecular complexity index is 572. The van der Waals surface area contributed by atoms with Crippen LogP contribution < -0.4 is 10.6 Å². The summed E-state index contributed by atoms with van der Waals surface area (Å²) in [5.41, 5.74) is 1.12. The Labute approximate surface area is 129 Å². The van der Waals surface area contributed by atoms with Crippen molar-refractivity contribution in [2.45, 2.75) is 43.0 Å². The number of anilines is 1. The van der Waals surface area contributed by atoms with Crippen LogP contribution in [0, 0.1) is 23.7 Å². The van der Waals surface area contributed by atoms with Gasteiger partial charge < -0.3 is 10.6 Å². The molecule has 0 aromatic carbocycles. The molecule has 0 atom stereocenters. The molecule has 0 saturated heterocycles. The summed E-state index contributed by atoms with van der Waals surface area (Å²) in [7, 11) is 0. The van der Waals surface area contributed by atoms with E-state index in [2.05, 4.69) is 20.0 Å². The molecule has 0 spiro atoms. The smallest absolute Gasteiger partial charge is 0.208 e. The standard InChI is InChI=1S/C16H20N4S/c1-2-17-8-14-13(1)18-16(20-21-14)19-15-11-4-9-3-10(6-11)7-12(15)5-9/h1-2,8-12,15H,3-7H2,(H2,18,19,20). The van der Waals surface area contributed by atoms with Crippen molar-refractivity contribution in [3.05, 3.63) is 18.5 Å². The van der Waals surface area contributed by atoms with Crippen LogP contribution in [0.4, 0.5) is 5.69 Å². The van der Waals surface area contributed by atoms with Crippen LogP contribution in [-0.2, 0) is 0 Å². The third kappa shape index (κ3) is 2.05. The molecule has 2 N–H and O–H groups in total. The minimum absolute atomic E-state index is 0.632. The Balaban J connectivity index is 1.34. The molecule has 4 saturated carbocycles. The molecule has 1 aliphatic heterocycles. The summed E-state index contributed by atoms with van der Waals surface area (Å²) in [6, 6.07) is 2.66. The van der Waals surface area contributed by atoms with E-state index < -0.39 is 0 Å². The summed E-state index contributed by atoms with van der Waals surface area (Å²) in [5.74, 6) is 4.72. The highest BCUT2D eigenvalue weighted by atomic mass is 32.2. The van der Waals surface area contributed by atoms with Crippen LogP contribution in [0.1, 0.15) is 32.1 Å². The molecule has 0 unspecified atom stereocenters. The number of nitrogens with zero attached hydrogens (tertiary/aromatic N) is 2. The van der Waals surface area contributed by atoms with Crippen molar-refractivity contribution in [1.29, 1.82) is 0 Å². The van der Waals surface area contributed by atoms with E-state index in [0.717, 1.165) is 40.2 Å². The zero-order valence-electron chi connectivity index (χ0n) is 12.0. The second-order valence-corrected chi connectivity index (χ2v) is 7.93. The fraction of sp³-hybridized carbons (Fsp3) is 0.625. The fourth-order valence-electron chi connectivity index (χ4n) is 5.18. The lowest BCUT2D eigenvalue weighted by Gasteiger charge is -2.54. The quantitative estimate of drug-likeness (QED) is 0.781. The average molecular weight is 300 g/mol. The minimum atomic E-state index is 0.632.